The summed E-state index contributed by atoms with van der Waals surface area (Å²) in [5, 5.41) is 18.0. The molecule has 46 valence electrons. The fourth-order valence-electron chi connectivity index (χ4n) is 0.489. The molecule has 1 N–H and O–H groups in total. The molecule has 0 amide bonds. The standard InChI is InChI=1S/C4H6O4.Na/c5-1-2-3(8-2)4(6)7;/h2-3,5H,1H2,(H,6,7);/q;+1/p-1. The van der Waals surface area contributed by atoms with E-state index in [0.29, 0.717) is 0 Å². The maximum absolute atomic E-state index is 9.78. The van der Waals surface area contributed by atoms with Gasteiger partial charge >= 0.3 is 29.6 Å². The van der Waals surface area contributed by atoms with Crippen LogP contribution in [-0.4, -0.2) is 29.9 Å². The zero-order chi connectivity index (χ0) is 6.15. The predicted molar refractivity (Wildman–Crippen MR) is 20.8 cm³/mol. The van der Waals surface area contributed by atoms with Gasteiger partial charge in [-0.25, -0.2) is 0 Å². The number of carbonyl (C=O) groups excluding carboxylic acids is 1. The third-order valence-corrected chi connectivity index (χ3v) is 0.995. The molecule has 4 nitrogen and oxygen atoms in total. The SMILES string of the molecule is O=C([O-])C1OC1CO.[Na+]. The largest absolute Gasteiger partial charge is 1.00 e. The second-order valence-corrected chi connectivity index (χ2v) is 1.60. The molecule has 0 aromatic heterocycles. The Balaban J connectivity index is 0.000000640. The van der Waals surface area contributed by atoms with Gasteiger partial charge in [0.1, 0.15) is 12.2 Å². The van der Waals surface area contributed by atoms with Crippen molar-refractivity contribution in [3.05, 3.63) is 0 Å². The summed E-state index contributed by atoms with van der Waals surface area (Å²) in [6.07, 6.45) is -1.38. The molecule has 1 saturated heterocycles. The Hall–Kier alpha value is 0.390. The second kappa shape index (κ2) is 3.53. The Kier molecular flexibility index (Phi) is 3.68. The van der Waals surface area contributed by atoms with Crippen LogP contribution in [0.2, 0.25) is 0 Å². The van der Waals surface area contributed by atoms with Crippen LogP contribution in [-0.2, 0) is 9.53 Å². The van der Waals surface area contributed by atoms with E-state index in [1.54, 1.807) is 0 Å². The molecule has 0 aromatic carbocycles. The quantitative estimate of drug-likeness (QED) is 0.307. The average Bonchev–Trinajstić information content (AvgIpc) is 2.42. The molecule has 1 rings (SSSR count). The van der Waals surface area contributed by atoms with Gasteiger partial charge in [0.25, 0.3) is 0 Å². The van der Waals surface area contributed by atoms with Gasteiger partial charge in [-0.15, -0.1) is 0 Å². The van der Waals surface area contributed by atoms with Crippen molar-refractivity contribution in [1.82, 2.24) is 0 Å². The van der Waals surface area contributed by atoms with Gasteiger partial charge in [-0.1, -0.05) is 0 Å². The number of aliphatic hydroxyl groups excluding tert-OH is 1. The third kappa shape index (κ3) is 2.23. The number of ether oxygens (including phenoxy) is 1. The van der Waals surface area contributed by atoms with Crippen LogP contribution in [0.5, 0.6) is 0 Å². The molecule has 9 heavy (non-hydrogen) atoms. The summed E-state index contributed by atoms with van der Waals surface area (Å²) in [7, 11) is 0. The van der Waals surface area contributed by atoms with Crippen LogP contribution in [0.1, 0.15) is 0 Å². The van der Waals surface area contributed by atoms with Crippen LogP contribution in [0.4, 0.5) is 0 Å². The zero-order valence-electron chi connectivity index (χ0n) is 5.03. The summed E-state index contributed by atoms with van der Waals surface area (Å²) >= 11 is 0. The van der Waals surface area contributed by atoms with E-state index in [1.807, 2.05) is 0 Å². The topological polar surface area (TPSA) is 72.9 Å². The van der Waals surface area contributed by atoms with E-state index in [0.717, 1.165) is 0 Å². The van der Waals surface area contributed by atoms with Crippen molar-refractivity contribution in [1.29, 1.82) is 0 Å². The molecular formula is C4H5NaO4. The van der Waals surface area contributed by atoms with Crippen molar-refractivity contribution >= 4 is 5.97 Å². The van der Waals surface area contributed by atoms with E-state index in [2.05, 4.69) is 4.74 Å². The van der Waals surface area contributed by atoms with Crippen LogP contribution >= 0.6 is 0 Å². The van der Waals surface area contributed by atoms with Gasteiger partial charge < -0.3 is 19.7 Å². The minimum Gasteiger partial charge on any atom is -0.547 e. The molecule has 0 bridgehead atoms. The maximum atomic E-state index is 9.78. The molecule has 0 aromatic rings. The first-order chi connectivity index (χ1) is 3.75. The fraction of sp³-hybridized carbons (Fsp3) is 0.750. The summed E-state index contributed by atoms with van der Waals surface area (Å²) < 4.78 is 4.42. The van der Waals surface area contributed by atoms with E-state index in [4.69, 9.17) is 5.11 Å². The van der Waals surface area contributed by atoms with Crippen molar-refractivity contribution < 1.29 is 49.3 Å². The van der Waals surface area contributed by atoms with Crippen molar-refractivity contribution in [2.24, 2.45) is 0 Å². The van der Waals surface area contributed by atoms with Crippen LogP contribution < -0.4 is 34.7 Å². The first kappa shape index (κ1) is 9.39. The Morgan fingerprint density at radius 3 is 2.44 bits per heavy atom. The summed E-state index contributed by atoms with van der Waals surface area (Å²) in [6.45, 7) is -0.237. The van der Waals surface area contributed by atoms with Gasteiger partial charge in [0.15, 0.2) is 0 Å². The molecule has 2 atom stereocenters. The van der Waals surface area contributed by atoms with Gasteiger partial charge in [-0.3, -0.25) is 0 Å². The number of carboxylic acid groups (broad SMARTS) is 1. The van der Waals surface area contributed by atoms with E-state index in [9.17, 15) is 9.90 Å². The molecule has 2 unspecified atom stereocenters. The first-order valence-electron chi connectivity index (χ1n) is 2.23. The number of rotatable bonds is 2. The molecule has 0 radical (unpaired) electrons. The maximum Gasteiger partial charge on any atom is 1.00 e. The molecule has 1 aliphatic heterocycles. The normalized spacial score (nSPS) is 30.8. The number of hydrogen-bond donors (Lipinski definition) is 1. The number of aliphatic hydroxyl groups is 1. The smallest absolute Gasteiger partial charge is 0.547 e. The van der Waals surface area contributed by atoms with Crippen LogP contribution in [0.3, 0.4) is 0 Å². The number of epoxide rings is 1. The van der Waals surface area contributed by atoms with Gasteiger partial charge in [0.2, 0.25) is 0 Å². The second-order valence-electron chi connectivity index (χ2n) is 1.60. The third-order valence-electron chi connectivity index (χ3n) is 0.995. The van der Waals surface area contributed by atoms with Crippen LogP contribution in [0, 0.1) is 0 Å². The van der Waals surface area contributed by atoms with Crippen molar-refractivity contribution in [2.45, 2.75) is 12.2 Å². The number of carbonyl (C=O) groups is 1. The molecule has 1 aliphatic rings. The number of carboxylic acids is 1. The van der Waals surface area contributed by atoms with Crippen molar-refractivity contribution in [2.75, 3.05) is 6.61 Å². The number of aliphatic carboxylic acids is 1. The summed E-state index contributed by atoms with van der Waals surface area (Å²) in [5.41, 5.74) is 0. The minimum atomic E-state index is -1.25. The Bertz CT molecular complexity index is 115. The monoisotopic (exact) mass is 140 g/mol. The minimum absolute atomic E-state index is 0. The molecule has 1 fully saturated rings. The van der Waals surface area contributed by atoms with E-state index < -0.39 is 18.2 Å². The molecule has 0 aliphatic carbocycles. The zero-order valence-corrected chi connectivity index (χ0v) is 7.03. The van der Waals surface area contributed by atoms with Crippen LogP contribution in [0.25, 0.3) is 0 Å². The Labute approximate surface area is 74.1 Å². The predicted octanol–water partition coefficient (Wildman–Crippen LogP) is -5.50. The van der Waals surface area contributed by atoms with E-state index in [1.165, 1.54) is 0 Å². The summed E-state index contributed by atoms with van der Waals surface area (Å²) in [6, 6.07) is 0. The molecule has 5 heteroatoms. The van der Waals surface area contributed by atoms with E-state index in [-0.39, 0.29) is 36.2 Å². The first-order valence-corrected chi connectivity index (χ1v) is 2.23. The Morgan fingerprint density at radius 1 is 1.78 bits per heavy atom. The van der Waals surface area contributed by atoms with Crippen LogP contribution in [0.15, 0.2) is 0 Å². The molecule has 0 spiro atoms. The summed E-state index contributed by atoms with van der Waals surface area (Å²) in [4.78, 5) is 9.78. The number of hydrogen-bond acceptors (Lipinski definition) is 4. The summed E-state index contributed by atoms with van der Waals surface area (Å²) in [5.74, 6) is -1.25. The molecule has 0 saturated carbocycles. The van der Waals surface area contributed by atoms with Gasteiger partial charge in [-0.05, 0) is 0 Å². The van der Waals surface area contributed by atoms with Crippen molar-refractivity contribution in [3.63, 3.8) is 0 Å². The van der Waals surface area contributed by atoms with Gasteiger partial charge in [-0.2, -0.15) is 0 Å². The van der Waals surface area contributed by atoms with E-state index >= 15 is 0 Å². The molecular weight excluding hydrogens is 135 g/mol. The van der Waals surface area contributed by atoms with Gasteiger partial charge in [0.05, 0.1) is 12.6 Å². The average molecular weight is 140 g/mol. The van der Waals surface area contributed by atoms with Crippen molar-refractivity contribution in [3.8, 4) is 0 Å². The Morgan fingerprint density at radius 2 is 2.33 bits per heavy atom. The fourth-order valence-corrected chi connectivity index (χ4v) is 0.489. The van der Waals surface area contributed by atoms with Gasteiger partial charge in [0, 0.05) is 0 Å². The molecule has 1 heterocycles.